The Balaban J connectivity index is 3.64. The smallest absolute Gasteiger partial charge is 0.148 e. The Morgan fingerprint density at radius 1 is 1.36 bits per heavy atom. The lowest BCUT2D eigenvalue weighted by molar-refractivity contribution is 0.334. The van der Waals surface area contributed by atoms with Crippen LogP contribution in [-0.4, -0.2) is 39.4 Å². The van der Waals surface area contributed by atoms with Crippen LogP contribution >= 0.6 is 11.6 Å². The topological polar surface area (TPSA) is 46.2 Å². The summed E-state index contributed by atoms with van der Waals surface area (Å²) in [6.45, 7) is 5.55. The second-order valence-electron chi connectivity index (χ2n) is 4.41. The summed E-state index contributed by atoms with van der Waals surface area (Å²) in [6.07, 6.45) is 2.18. The molecule has 0 unspecified atom stereocenters. The first-order valence-electron chi connectivity index (χ1n) is 4.71. The molecule has 0 saturated carbocycles. The molecule has 0 bridgehead atoms. The zero-order chi connectivity index (χ0) is 11.2. The van der Waals surface area contributed by atoms with Crippen molar-refractivity contribution in [3.05, 3.63) is 0 Å². The van der Waals surface area contributed by atoms with Crippen LogP contribution in [-0.2, 0) is 9.84 Å². The molecule has 0 radical (unpaired) electrons. The zero-order valence-corrected chi connectivity index (χ0v) is 10.7. The van der Waals surface area contributed by atoms with Crippen LogP contribution in [0.1, 0.15) is 20.3 Å². The maximum absolute atomic E-state index is 10.8. The van der Waals surface area contributed by atoms with Crippen LogP contribution in [0, 0.1) is 5.41 Å². The number of sulfone groups is 1. The van der Waals surface area contributed by atoms with Gasteiger partial charge in [0.05, 0.1) is 5.75 Å². The third kappa shape index (κ3) is 8.78. The minimum atomic E-state index is -2.84. The van der Waals surface area contributed by atoms with Gasteiger partial charge in [0, 0.05) is 25.2 Å². The molecule has 0 aromatic carbocycles. The first-order chi connectivity index (χ1) is 6.27. The van der Waals surface area contributed by atoms with Gasteiger partial charge in [0.2, 0.25) is 0 Å². The maximum Gasteiger partial charge on any atom is 0.148 e. The van der Waals surface area contributed by atoms with Crippen molar-refractivity contribution >= 4 is 21.4 Å². The first-order valence-corrected chi connectivity index (χ1v) is 7.31. The molecule has 0 atom stereocenters. The SMILES string of the molecule is CC(C)(CCCl)CNCCS(C)(=O)=O. The number of nitrogens with one attached hydrogen (secondary N) is 1. The van der Waals surface area contributed by atoms with Gasteiger partial charge in [-0.25, -0.2) is 8.42 Å². The highest BCUT2D eigenvalue weighted by atomic mass is 35.5. The molecule has 0 aromatic heterocycles. The van der Waals surface area contributed by atoms with Crippen LogP contribution in [0.2, 0.25) is 0 Å². The fourth-order valence-electron chi connectivity index (χ4n) is 1.03. The van der Waals surface area contributed by atoms with Crippen molar-refractivity contribution in [1.29, 1.82) is 0 Å². The van der Waals surface area contributed by atoms with Gasteiger partial charge in [0.1, 0.15) is 9.84 Å². The third-order valence-corrected chi connectivity index (χ3v) is 3.16. The molecule has 86 valence electrons. The molecule has 14 heavy (non-hydrogen) atoms. The quantitative estimate of drug-likeness (QED) is 0.540. The summed E-state index contributed by atoms with van der Waals surface area (Å²) in [5.74, 6) is 0.838. The van der Waals surface area contributed by atoms with E-state index in [9.17, 15) is 8.42 Å². The predicted octanol–water partition coefficient (Wildman–Crippen LogP) is 1.28. The minimum Gasteiger partial charge on any atom is -0.315 e. The number of alkyl halides is 1. The molecule has 3 nitrogen and oxygen atoms in total. The van der Waals surface area contributed by atoms with Crippen molar-refractivity contribution in [2.75, 3.05) is 31.0 Å². The van der Waals surface area contributed by atoms with E-state index in [-0.39, 0.29) is 11.2 Å². The van der Waals surface area contributed by atoms with Crippen LogP contribution in [0.5, 0.6) is 0 Å². The lowest BCUT2D eigenvalue weighted by atomic mass is 9.90. The molecule has 0 saturated heterocycles. The molecule has 0 aliphatic rings. The summed E-state index contributed by atoms with van der Waals surface area (Å²) in [5, 5.41) is 3.13. The number of hydrogen-bond donors (Lipinski definition) is 1. The van der Waals surface area contributed by atoms with Gasteiger partial charge in [-0.15, -0.1) is 11.6 Å². The molecular formula is C9H20ClNO2S. The fraction of sp³-hybridized carbons (Fsp3) is 1.00. The summed E-state index contributed by atoms with van der Waals surface area (Å²) >= 11 is 5.65. The summed E-state index contributed by atoms with van der Waals surface area (Å²) in [6, 6.07) is 0. The van der Waals surface area contributed by atoms with Gasteiger partial charge >= 0.3 is 0 Å². The standard InChI is InChI=1S/C9H20ClNO2S/c1-9(2,4-5-10)8-11-6-7-14(3,12)13/h11H,4-8H2,1-3H3. The molecule has 0 heterocycles. The second-order valence-corrected chi connectivity index (χ2v) is 7.05. The van der Waals surface area contributed by atoms with E-state index in [4.69, 9.17) is 11.6 Å². The van der Waals surface area contributed by atoms with Crippen LogP contribution in [0.25, 0.3) is 0 Å². The van der Waals surface area contributed by atoms with E-state index >= 15 is 0 Å². The summed E-state index contributed by atoms with van der Waals surface area (Å²) in [5.41, 5.74) is 0.138. The molecule has 0 fully saturated rings. The number of halogens is 1. The number of hydrogen-bond acceptors (Lipinski definition) is 3. The molecule has 1 N–H and O–H groups in total. The van der Waals surface area contributed by atoms with Gasteiger partial charge in [0.25, 0.3) is 0 Å². The van der Waals surface area contributed by atoms with Gasteiger partial charge in [-0.1, -0.05) is 13.8 Å². The van der Waals surface area contributed by atoms with E-state index in [1.54, 1.807) is 0 Å². The van der Waals surface area contributed by atoms with Crippen LogP contribution < -0.4 is 5.32 Å². The van der Waals surface area contributed by atoms with E-state index in [0.717, 1.165) is 13.0 Å². The van der Waals surface area contributed by atoms with Crippen molar-refractivity contribution < 1.29 is 8.42 Å². The van der Waals surface area contributed by atoms with Gasteiger partial charge in [0.15, 0.2) is 0 Å². The highest BCUT2D eigenvalue weighted by Crippen LogP contribution is 2.19. The predicted molar refractivity (Wildman–Crippen MR) is 61.7 cm³/mol. The summed E-state index contributed by atoms with van der Waals surface area (Å²) < 4.78 is 21.6. The first kappa shape index (κ1) is 14.2. The lowest BCUT2D eigenvalue weighted by Crippen LogP contribution is -2.32. The molecular weight excluding hydrogens is 222 g/mol. The highest BCUT2D eigenvalue weighted by Gasteiger charge is 2.16. The van der Waals surface area contributed by atoms with E-state index in [2.05, 4.69) is 19.2 Å². The number of rotatable bonds is 7. The zero-order valence-electron chi connectivity index (χ0n) is 9.14. The van der Waals surface area contributed by atoms with Crippen molar-refractivity contribution in [2.24, 2.45) is 5.41 Å². The van der Waals surface area contributed by atoms with E-state index in [1.807, 2.05) is 0 Å². The highest BCUT2D eigenvalue weighted by molar-refractivity contribution is 7.90. The molecule has 0 rings (SSSR count). The molecule has 5 heteroatoms. The second kappa shape index (κ2) is 5.93. The van der Waals surface area contributed by atoms with E-state index < -0.39 is 9.84 Å². The van der Waals surface area contributed by atoms with Crippen molar-refractivity contribution in [3.8, 4) is 0 Å². The monoisotopic (exact) mass is 241 g/mol. The van der Waals surface area contributed by atoms with Crippen molar-refractivity contribution in [1.82, 2.24) is 5.32 Å². The summed E-state index contributed by atoms with van der Waals surface area (Å²) in [7, 11) is -2.84. The Labute approximate surface area is 92.1 Å². The lowest BCUT2D eigenvalue weighted by Gasteiger charge is -2.23. The largest absolute Gasteiger partial charge is 0.315 e. The Kier molecular flexibility index (Phi) is 6.02. The molecule has 0 amide bonds. The Bertz CT molecular complexity index is 250. The fourth-order valence-corrected chi connectivity index (χ4v) is 2.06. The Morgan fingerprint density at radius 2 is 1.93 bits per heavy atom. The van der Waals surface area contributed by atoms with Crippen molar-refractivity contribution in [2.45, 2.75) is 20.3 Å². The average molecular weight is 242 g/mol. The van der Waals surface area contributed by atoms with Crippen molar-refractivity contribution in [3.63, 3.8) is 0 Å². The maximum atomic E-state index is 10.8. The minimum absolute atomic E-state index is 0.138. The molecule has 0 aliphatic carbocycles. The molecule has 0 spiro atoms. The Morgan fingerprint density at radius 3 is 2.36 bits per heavy atom. The van der Waals surface area contributed by atoms with Crippen LogP contribution in [0.4, 0.5) is 0 Å². The van der Waals surface area contributed by atoms with Gasteiger partial charge in [-0.2, -0.15) is 0 Å². The average Bonchev–Trinajstić information content (AvgIpc) is 1.96. The normalized spacial score (nSPS) is 13.1. The van der Waals surface area contributed by atoms with Gasteiger partial charge < -0.3 is 5.32 Å². The van der Waals surface area contributed by atoms with Crippen LogP contribution in [0.3, 0.4) is 0 Å². The van der Waals surface area contributed by atoms with E-state index in [1.165, 1.54) is 6.26 Å². The summed E-state index contributed by atoms with van der Waals surface area (Å²) in [4.78, 5) is 0. The van der Waals surface area contributed by atoms with E-state index in [0.29, 0.717) is 12.4 Å². The molecule has 0 aromatic rings. The van der Waals surface area contributed by atoms with Gasteiger partial charge in [-0.3, -0.25) is 0 Å². The Hall–Kier alpha value is 0.200. The van der Waals surface area contributed by atoms with Crippen LogP contribution in [0.15, 0.2) is 0 Å². The molecule has 0 aliphatic heterocycles. The third-order valence-electron chi connectivity index (χ3n) is 2.02. The van der Waals surface area contributed by atoms with Gasteiger partial charge in [-0.05, 0) is 11.8 Å².